The lowest BCUT2D eigenvalue weighted by atomic mass is 10.0. The highest BCUT2D eigenvalue weighted by Gasteiger charge is 2.23. The van der Waals surface area contributed by atoms with Crippen LogP contribution in [0.1, 0.15) is 48.0 Å². The summed E-state index contributed by atoms with van der Waals surface area (Å²) in [6.45, 7) is 1.98. The summed E-state index contributed by atoms with van der Waals surface area (Å²) >= 11 is 1.26. The van der Waals surface area contributed by atoms with Crippen molar-refractivity contribution in [2.75, 3.05) is 5.32 Å². The third-order valence-electron chi connectivity index (χ3n) is 2.93. The molecule has 3 N–H and O–H groups in total. The second kappa shape index (κ2) is 5.58. The molecule has 0 saturated carbocycles. The van der Waals surface area contributed by atoms with Gasteiger partial charge in [-0.05, 0) is 19.3 Å². The van der Waals surface area contributed by atoms with E-state index in [2.05, 4.69) is 10.3 Å². The Bertz CT molecular complexity index is 470. The number of ketones is 1. The van der Waals surface area contributed by atoms with E-state index in [-0.39, 0.29) is 11.7 Å². The van der Waals surface area contributed by atoms with Gasteiger partial charge in [0.15, 0.2) is 10.9 Å². The van der Waals surface area contributed by atoms with Gasteiger partial charge in [-0.3, -0.25) is 9.59 Å². The SMILES string of the molecule is CCCC(N)C(=O)Nc1nc2c(s1)C(=O)CCC2. The highest BCUT2D eigenvalue weighted by Crippen LogP contribution is 2.29. The lowest BCUT2D eigenvalue weighted by molar-refractivity contribution is -0.117. The summed E-state index contributed by atoms with van der Waals surface area (Å²) in [6.07, 6.45) is 3.75. The number of aryl methyl sites for hydroxylation is 1. The molecule has 0 bridgehead atoms. The third-order valence-corrected chi connectivity index (χ3v) is 3.99. The molecule has 0 fully saturated rings. The number of anilines is 1. The van der Waals surface area contributed by atoms with Gasteiger partial charge in [-0.1, -0.05) is 24.7 Å². The van der Waals surface area contributed by atoms with Crippen molar-refractivity contribution >= 4 is 28.2 Å². The summed E-state index contributed by atoms with van der Waals surface area (Å²) in [5, 5.41) is 3.19. The highest BCUT2D eigenvalue weighted by atomic mass is 32.1. The van der Waals surface area contributed by atoms with Crippen LogP contribution in [0.25, 0.3) is 0 Å². The topological polar surface area (TPSA) is 85.1 Å². The standard InChI is InChI=1S/C12H17N3O2S/c1-2-4-7(13)11(17)15-12-14-8-5-3-6-9(16)10(8)18-12/h7H,2-6,13H2,1H3,(H,14,15,17). The number of rotatable bonds is 4. The van der Waals surface area contributed by atoms with Crippen LogP contribution in [0.4, 0.5) is 5.13 Å². The molecule has 0 spiro atoms. The number of nitrogens with zero attached hydrogens (tertiary/aromatic N) is 1. The molecular weight excluding hydrogens is 250 g/mol. The van der Waals surface area contributed by atoms with E-state index >= 15 is 0 Å². The summed E-state index contributed by atoms with van der Waals surface area (Å²) in [4.78, 5) is 28.4. The Labute approximate surface area is 110 Å². The van der Waals surface area contributed by atoms with Gasteiger partial charge >= 0.3 is 0 Å². The molecule has 1 amide bonds. The third kappa shape index (κ3) is 2.76. The molecule has 1 heterocycles. The fraction of sp³-hybridized carbons (Fsp3) is 0.583. The van der Waals surface area contributed by atoms with Crippen molar-refractivity contribution in [3.63, 3.8) is 0 Å². The average molecular weight is 267 g/mol. The number of Topliss-reactive ketones (excluding diaryl/α,β-unsaturated/α-hetero) is 1. The van der Waals surface area contributed by atoms with Crippen molar-refractivity contribution in [2.45, 2.75) is 45.1 Å². The Morgan fingerprint density at radius 3 is 3.00 bits per heavy atom. The van der Waals surface area contributed by atoms with Crippen LogP contribution in [0.3, 0.4) is 0 Å². The second-order valence-electron chi connectivity index (χ2n) is 4.46. The predicted octanol–water partition coefficient (Wildman–Crippen LogP) is 1.73. The zero-order valence-corrected chi connectivity index (χ0v) is 11.2. The molecule has 98 valence electrons. The van der Waals surface area contributed by atoms with E-state index in [9.17, 15) is 9.59 Å². The first-order valence-corrected chi connectivity index (χ1v) is 7.02. The largest absolute Gasteiger partial charge is 0.320 e. The Morgan fingerprint density at radius 1 is 1.56 bits per heavy atom. The maximum Gasteiger partial charge on any atom is 0.243 e. The molecule has 2 rings (SSSR count). The lowest BCUT2D eigenvalue weighted by Gasteiger charge is -2.08. The molecule has 0 radical (unpaired) electrons. The molecule has 1 aliphatic rings. The normalized spacial score (nSPS) is 16.2. The van der Waals surface area contributed by atoms with Gasteiger partial charge in [0, 0.05) is 6.42 Å². The average Bonchev–Trinajstić information content (AvgIpc) is 2.73. The summed E-state index contributed by atoms with van der Waals surface area (Å²) < 4.78 is 0. The van der Waals surface area contributed by atoms with Crippen molar-refractivity contribution < 1.29 is 9.59 Å². The molecular formula is C12H17N3O2S. The molecule has 0 saturated heterocycles. The van der Waals surface area contributed by atoms with E-state index in [1.165, 1.54) is 11.3 Å². The minimum atomic E-state index is -0.508. The number of thiazole rings is 1. The Hall–Kier alpha value is -1.27. The first kappa shape index (κ1) is 13.2. The number of nitrogens with one attached hydrogen (secondary N) is 1. The number of hydrogen-bond acceptors (Lipinski definition) is 5. The summed E-state index contributed by atoms with van der Waals surface area (Å²) in [6, 6.07) is -0.508. The van der Waals surface area contributed by atoms with Gasteiger partial charge in [-0.2, -0.15) is 0 Å². The van der Waals surface area contributed by atoms with Gasteiger partial charge in [-0.25, -0.2) is 4.98 Å². The minimum Gasteiger partial charge on any atom is -0.320 e. The molecule has 1 unspecified atom stereocenters. The Morgan fingerprint density at radius 2 is 2.33 bits per heavy atom. The summed E-state index contributed by atoms with van der Waals surface area (Å²) in [7, 11) is 0. The van der Waals surface area contributed by atoms with E-state index in [0.29, 0.717) is 22.9 Å². The number of carbonyl (C=O) groups is 2. The van der Waals surface area contributed by atoms with Crippen LogP contribution in [0.5, 0.6) is 0 Å². The van der Waals surface area contributed by atoms with Crippen LogP contribution < -0.4 is 11.1 Å². The zero-order valence-electron chi connectivity index (χ0n) is 10.4. The molecule has 0 aromatic carbocycles. The summed E-state index contributed by atoms with van der Waals surface area (Å²) in [5.41, 5.74) is 6.54. The van der Waals surface area contributed by atoms with Gasteiger partial charge < -0.3 is 11.1 Å². The van der Waals surface area contributed by atoms with Crippen LogP contribution >= 0.6 is 11.3 Å². The van der Waals surface area contributed by atoms with Crippen molar-refractivity contribution in [1.82, 2.24) is 4.98 Å². The van der Waals surface area contributed by atoms with Gasteiger partial charge in [0.05, 0.1) is 16.6 Å². The monoisotopic (exact) mass is 267 g/mol. The maximum atomic E-state index is 11.7. The van der Waals surface area contributed by atoms with Crippen LogP contribution in [-0.2, 0) is 11.2 Å². The quantitative estimate of drug-likeness (QED) is 0.870. The van der Waals surface area contributed by atoms with E-state index in [0.717, 1.165) is 25.0 Å². The molecule has 1 aliphatic carbocycles. The van der Waals surface area contributed by atoms with Gasteiger partial charge in [-0.15, -0.1) is 0 Å². The van der Waals surface area contributed by atoms with Crippen LogP contribution in [0.15, 0.2) is 0 Å². The van der Waals surface area contributed by atoms with E-state index in [1.54, 1.807) is 0 Å². The molecule has 5 nitrogen and oxygen atoms in total. The summed E-state index contributed by atoms with van der Waals surface area (Å²) in [5.74, 6) is -0.0949. The molecule has 1 aromatic rings. The van der Waals surface area contributed by atoms with Crippen LogP contribution in [-0.4, -0.2) is 22.7 Å². The van der Waals surface area contributed by atoms with Crippen molar-refractivity contribution in [2.24, 2.45) is 5.73 Å². The van der Waals surface area contributed by atoms with E-state index < -0.39 is 6.04 Å². The number of fused-ring (bicyclic) bond motifs is 1. The fourth-order valence-electron chi connectivity index (χ4n) is 1.96. The first-order chi connectivity index (χ1) is 8.61. The highest BCUT2D eigenvalue weighted by molar-refractivity contribution is 7.17. The maximum absolute atomic E-state index is 11.7. The second-order valence-corrected chi connectivity index (χ2v) is 5.46. The minimum absolute atomic E-state index is 0.132. The first-order valence-electron chi connectivity index (χ1n) is 6.21. The van der Waals surface area contributed by atoms with Crippen molar-refractivity contribution in [3.05, 3.63) is 10.6 Å². The molecule has 1 aromatic heterocycles. The number of nitrogens with two attached hydrogens (primary N) is 1. The fourth-order valence-corrected chi connectivity index (χ4v) is 2.94. The molecule has 18 heavy (non-hydrogen) atoms. The molecule has 1 atom stereocenters. The number of aromatic nitrogens is 1. The van der Waals surface area contributed by atoms with Crippen molar-refractivity contribution in [3.8, 4) is 0 Å². The number of hydrogen-bond donors (Lipinski definition) is 2. The van der Waals surface area contributed by atoms with E-state index in [4.69, 9.17) is 5.73 Å². The Balaban J connectivity index is 2.07. The van der Waals surface area contributed by atoms with Gasteiger partial charge in [0.2, 0.25) is 5.91 Å². The van der Waals surface area contributed by atoms with Gasteiger partial charge in [0.25, 0.3) is 0 Å². The van der Waals surface area contributed by atoms with Crippen LogP contribution in [0.2, 0.25) is 0 Å². The smallest absolute Gasteiger partial charge is 0.243 e. The number of carbonyl (C=O) groups excluding carboxylic acids is 2. The van der Waals surface area contributed by atoms with Gasteiger partial charge in [0.1, 0.15) is 0 Å². The Kier molecular flexibility index (Phi) is 4.08. The molecule has 0 aliphatic heterocycles. The van der Waals surface area contributed by atoms with Crippen molar-refractivity contribution in [1.29, 1.82) is 0 Å². The number of amides is 1. The van der Waals surface area contributed by atoms with Crippen LogP contribution in [0, 0.1) is 0 Å². The molecule has 6 heteroatoms. The zero-order chi connectivity index (χ0) is 13.1. The van der Waals surface area contributed by atoms with E-state index in [1.807, 2.05) is 6.92 Å². The predicted molar refractivity (Wildman–Crippen MR) is 70.9 cm³/mol. The lowest BCUT2D eigenvalue weighted by Crippen LogP contribution is -2.35.